The molecule has 1 fully saturated rings. The summed E-state index contributed by atoms with van der Waals surface area (Å²) in [5.41, 5.74) is 3.24. The van der Waals surface area contributed by atoms with Crippen LogP contribution in [0.4, 0.5) is 4.39 Å². The number of nitrogens with one attached hydrogen (secondary N) is 1. The van der Waals surface area contributed by atoms with Gasteiger partial charge < -0.3 is 9.88 Å². The molecule has 0 atom stereocenters. The Labute approximate surface area is 161 Å². The molecule has 1 saturated heterocycles. The first-order valence-corrected chi connectivity index (χ1v) is 9.11. The highest BCUT2D eigenvalue weighted by Crippen LogP contribution is 2.22. The van der Waals surface area contributed by atoms with Gasteiger partial charge in [-0.1, -0.05) is 18.2 Å². The number of rotatable bonds is 2. The standard InChI is InChI=1S/C16H14N4O.C6H5F/c21-16(20-8-1-9-20)14-10-12-2-3-13(18-15(12)19-14)11-4-6-17-7-5-11;7-6-4-2-1-3-5-6/h2-7,10H,1,8-9H2,(H,18,19);1-5H. The number of aromatic nitrogens is 3. The molecule has 1 amide bonds. The van der Waals surface area contributed by atoms with Crippen LogP contribution in [-0.2, 0) is 0 Å². The van der Waals surface area contributed by atoms with Crippen LogP contribution in [0.15, 0.2) is 73.1 Å². The third-order valence-corrected chi connectivity index (χ3v) is 4.56. The first-order valence-electron chi connectivity index (χ1n) is 9.11. The van der Waals surface area contributed by atoms with E-state index in [1.807, 2.05) is 35.2 Å². The van der Waals surface area contributed by atoms with E-state index in [2.05, 4.69) is 15.0 Å². The second-order valence-electron chi connectivity index (χ2n) is 6.49. The molecule has 3 aromatic heterocycles. The molecule has 5 rings (SSSR count). The lowest BCUT2D eigenvalue weighted by atomic mass is 10.1. The molecule has 4 aromatic rings. The monoisotopic (exact) mass is 374 g/mol. The molecule has 1 aliphatic rings. The van der Waals surface area contributed by atoms with E-state index < -0.39 is 0 Å². The number of hydrogen-bond acceptors (Lipinski definition) is 3. The van der Waals surface area contributed by atoms with Crippen LogP contribution >= 0.6 is 0 Å². The summed E-state index contributed by atoms with van der Waals surface area (Å²) in [4.78, 5) is 25.8. The summed E-state index contributed by atoms with van der Waals surface area (Å²) in [5, 5.41) is 0.955. The van der Waals surface area contributed by atoms with Gasteiger partial charge in [0.2, 0.25) is 0 Å². The molecule has 1 N–H and O–H groups in total. The highest BCUT2D eigenvalue weighted by atomic mass is 19.1. The molecule has 0 unspecified atom stereocenters. The fourth-order valence-electron chi connectivity index (χ4n) is 2.91. The van der Waals surface area contributed by atoms with Crippen molar-refractivity contribution in [2.45, 2.75) is 6.42 Å². The van der Waals surface area contributed by atoms with E-state index in [9.17, 15) is 9.18 Å². The number of aromatic amines is 1. The van der Waals surface area contributed by atoms with E-state index in [0.29, 0.717) is 5.69 Å². The van der Waals surface area contributed by atoms with Crippen molar-refractivity contribution >= 4 is 16.9 Å². The quantitative estimate of drug-likeness (QED) is 0.569. The number of carbonyl (C=O) groups is 1. The molecule has 0 aliphatic carbocycles. The first-order chi connectivity index (χ1) is 13.7. The molecule has 1 aliphatic heterocycles. The molecule has 4 heterocycles. The Morgan fingerprint density at radius 2 is 1.75 bits per heavy atom. The van der Waals surface area contributed by atoms with Crippen molar-refractivity contribution in [2.75, 3.05) is 13.1 Å². The Kier molecular flexibility index (Phi) is 5.10. The molecular formula is C22H19FN4O. The van der Waals surface area contributed by atoms with Crippen LogP contribution in [0.25, 0.3) is 22.3 Å². The van der Waals surface area contributed by atoms with Gasteiger partial charge in [-0.05, 0) is 48.9 Å². The van der Waals surface area contributed by atoms with Crippen LogP contribution in [0.2, 0.25) is 0 Å². The van der Waals surface area contributed by atoms with Crippen molar-refractivity contribution < 1.29 is 9.18 Å². The zero-order valence-corrected chi connectivity index (χ0v) is 15.2. The fourth-order valence-corrected chi connectivity index (χ4v) is 2.91. The largest absolute Gasteiger partial charge is 0.337 e. The molecule has 0 bridgehead atoms. The van der Waals surface area contributed by atoms with Gasteiger partial charge in [0.1, 0.15) is 17.2 Å². The Balaban J connectivity index is 0.000000233. The summed E-state index contributed by atoms with van der Waals surface area (Å²) in [6.45, 7) is 1.70. The van der Waals surface area contributed by atoms with Crippen molar-refractivity contribution in [3.63, 3.8) is 0 Å². The number of pyridine rings is 2. The predicted octanol–water partition coefficient (Wildman–Crippen LogP) is 4.30. The minimum absolute atomic E-state index is 0.0599. The van der Waals surface area contributed by atoms with Crippen LogP contribution in [0.1, 0.15) is 16.9 Å². The van der Waals surface area contributed by atoms with Crippen molar-refractivity contribution in [3.8, 4) is 11.3 Å². The highest BCUT2D eigenvalue weighted by Gasteiger charge is 2.23. The van der Waals surface area contributed by atoms with Gasteiger partial charge in [-0.15, -0.1) is 0 Å². The Bertz CT molecular complexity index is 1080. The molecular weight excluding hydrogens is 355 g/mol. The number of halogens is 1. The smallest absolute Gasteiger partial charge is 0.270 e. The summed E-state index contributed by atoms with van der Waals surface area (Å²) < 4.78 is 11.9. The fraction of sp³-hybridized carbons (Fsp3) is 0.136. The van der Waals surface area contributed by atoms with Gasteiger partial charge in [0.25, 0.3) is 5.91 Å². The van der Waals surface area contributed by atoms with E-state index in [0.717, 1.165) is 41.8 Å². The average molecular weight is 374 g/mol. The van der Waals surface area contributed by atoms with Crippen molar-refractivity contribution in [1.82, 2.24) is 19.9 Å². The van der Waals surface area contributed by atoms with E-state index in [1.54, 1.807) is 30.6 Å². The zero-order valence-electron chi connectivity index (χ0n) is 15.2. The zero-order chi connectivity index (χ0) is 19.3. The number of nitrogens with zero attached hydrogens (tertiary/aromatic N) is 3. The van der Waals surface area contributed by atoms with Crippen molar-refractivity contribution in [1.29, 1.82) is 0 Å². The van der Waals surface area contributed by atoms with E-state index in [4.69, 9.17) is 0 Å². The van der Waals surface area contributed by atoms with Crippen LogP contribution in [0.5, 0.6) is 0 Å². The molecule has 5 nitrogen and oxygen atoms in total. The summed E-state index contributed by atoms with van der Waals surface area (Å²) in [7, 11) is 0. The van der Waals surface area contributed by atoms with Crippen LogP contribution in [0.3, 0.4) is 0 Å². The maximum absolute atomic E-state index is 12.2. The first kappa shape index (κ1) is 17.9. The molecule has 0 spiro atoms. The van der Waals surface area contributed by atoms with Gasteiger partial charge in [-0.2, -0.15) is 0 Å². The van der Waals surface area contributed by atoms with E-state index in [1.165, 1.54) is 12.1 Å². The second kappa shape index (κ2) is 8.00. The minimum atomic E-state index is -0.178. The van der Waals surface area contributed by atoms with E-state index >= 15 is 0 Å². The van der Waals surface area contributed by atoms with E-state index in [-0.39, 0.29) is 11.7 Å². The van der Waals surface area contributed by atoms with Gasteiger partial charge >= 0.3 is 0 Å². The lowest BCUT2D eigenvalue weighted by Gasteiger charge is -2.30. The topological polar surface area (TPSA) is 61.9 Å². The third kappa shape index (κ3) is 3.91. The van der Waals surface area contributed by atoms with Crippen LogP contribution in [0, 0.1) is 5.82 Å². The van der Waals surface area contributed by atoms with Gasteiger partial charge in [0.05, 0.1) is 5.69 Å². The summed E-state index contributed by atoms with van der Waals surface area (Å²) in [5.74, 6) is -0.118. The molecule has 28 heavy (non-hydrogen) atoms. The van der Waals surface area contributed by atoms with Gasteiger partial charge in [-0.3, -0.25) is 9.78 Å². The number of carbonyl (C=O) groups excluding carboxylic acids is 1. The Hall–Kier alpha value is -3.54. The van der Waals surface area contributed by atoms with Crippen LogP contribution in [-0.4, -0.2) is 38.8 Å². The molecule has 0 radical (unpaired) electrons. The SMILES string of the molecule is Fc1ccccc1.O=C(c1cc2ccc(-c3ccncc3)nc2[nH]1)N1CCC1. The minimum Gasteiger partial charge on any atom is -0.337 e. The molecule has 140 valence electrons. The molecule has 1 aromatic carbocycles. The number of amides is 1. The summed E-state index contributed by atoms with van der Waals surface area (Å²) in [6, 6.07) is 17.6. The normalized spacial score (nSPS) is 12.8. The molecule has 6 heteroatoms. The second-order valence-corrected chi connectivity index (χ2v) is 6.49. The Morgan fingerprint density at radius 1 is 1.00 bits per heavy atom. The Morgan fingerprint density at radius 3 is 2.36 bits per heavy atom. The number of fused-ring (bicyclic) bond motifs is 1. The van der Waals surface area contributed by atoms with Gasteiger partial charge in [-0.25, -0.2) is 9.37 Å². The lowest BCUT2D eigenvalue weighted by Crippen LogP contribution is -2.42. The van der Waals surface area contributed by atoms with Crippen molar-refractivity contribution in [2.24, 2.45) is 0 Å². The maximum atomic E-state index is 12.2. The predicted molar refractivity (Wildman–Crippen MR) is 106 cm³/mol. The maximum Gasteiger partial charge on any atom is 0.270 e. The molecule has 0 saturated carbocycles. The average Bonchev–Trinajstić information content (AvgIpc) is 3.12. The van der Waals surface area contributed by atoms with Gasteiger partial charge in [0.15, 0.2) is 0 Å². The lowest BCUT2D eigenvalue weighted by molar-refractivity contribution is 0.0646. The van der Waals surface area contributed by atoms with Gasteiger partial charge in [0, 0.05) is 36.4 Å². The number of likely N-dealkylation sites (tertiary alicyclic amines) is 1. The highest BCUT2D eigenvalue weighted by molar-refractivity contribution is 5.97. The summed E-state index contributed by atoms with van der Waals surface area (Å²) in [6.07, 6.45) is 4.58. The number of hydrogen-bond donors (Lipinski definition) is 1. The van der Waals surface area contributed by atoms with Crippen molar-refractivity contribution in [3.05, 3.63) is 84.6 Å². The number of H-pyrrole nitrogens is 1. The van der Waals surface area contributed by atoms with Crippen LogP contribution < -0.4 is 0 Å². The number of benzene rings is 1. The third-order valence-electron chi connectivity index (χ3n) is 4.56. The summed E-state index contributed by atoms with van der Waals surface area (Å²) >= 11 is 0.